The van der Waals surface area contributed by atoms with Gasteiger partial charge in [0.15, 0.2) is 0 Å². The number of benzene rings is 2. The van der Waals surface area contributed by atoms with Crippen LogP contribution in [0.4, 0.5) is 5.69 Å². The van der Waals surface area contributed by atoms with E-state index < -0.39 is 5.97 Å². The Morgan fingerprint density at radius 2 is 2.00 bits per heavy atom. The molecule has 0 fully saturated rings. The van der Waals surface area contributed by atoms with Gasteiger partial charge in [0.1, 0.15) is 0 Å². The molecule has 0 heterocycles. The lowest BCUT2D eigenvalue weighted by atomic mass is 10.1. The van der Waals surface area contributed by atoms with E-state index in [1.807, 2.05) is 25.1 Å². The summed E-state index contributed by atoms with van der Waals surface area (Å²) in [5.74, 6) is -0.964. The summed E-state index contributed by atoms with van der Waals surface area (Å²) in [6.45, 7) is 1.88. The minimum absolute atomic E-state index is 0.219. The molecule has 0 saturated heterocycles. The summed E-state index contributed by atoms with van der Waals surface area (Å²) >= 11 is 6.03. The quantitative estimate of drug-likeness (QED) is 0.856. The molecule has 96 valence electrons. The predicted octanol–water partition coefficient (Wildman–Crippen LogP) is 4.10. The summed E-state index contributed by atoms with van der Waals surface area (Å²) in [5, 5.41) is 9.57. The van der Waals surface area contributed by atoms with Crippen molar-refractivity contribution in [2.75, 3.05) is 0 Å². The molecule has 2 rings (SSSR count). The van der Waals surface area contributed by atoms with Crippen LogP contribution in [0.5, 0.6) is 0 Å². The number of carbonyl (C=O) groups is 1. The van der Waals surface area contributed by atoms with E-state index in [1.165, 1.54) is 0 Å². The van der Waals surface area contributed by atoms with Crippen LogP contribution in [-0.4, -0.2) is 17.3 Å². The maximum absolute atomic E-state index is 10.9. The monoisotopic (exact) mass is 273 g/mol. The first-order chi connectivity index (χ1) is 9.08. The second kappa shape index (κ2) is 5.67. The van der Waals surface area contributed by atoms with Crippen molar-refractivity contribution in [2.24, 2.45) is 4.99 Å². The van der Waals surface area contributed by atoms with Crippen LogP contribution in [0.2, 0.25) is 5.02 Å². The van der Waals surface area contributed by atoms with Crippen LogP contribution in [-0.2, 0) is 0 Å². The van der Waals surface area contributed by atoms with E-state index in [0.29, 0.717) is 10.7 Å². The molecule has 0 atom stereocenters. The number of hydrogen-bond acceptors (Lipinski definition) is 2. The van der Waals surface area contributed by atoms with E-state index in [9.17, 15) is 4.79 Å². The number of carboxylic acids is 1. The van der Waals surface area contributed by atoms with Crippen molar-refractivity contribution in [1.82, 2.24) is 0 Å². The maximum atomic E-state index is 10.9. The third-order valence-corrected chi connectivity index (χ3v) is 3.05. The van der Waals surface area contributed by atoms with E-state index in [4.69, 9.17) is 16.7 Å². The predicted molar refractivity (Wildman–Crippen MR) is 76.8 cm³/mol. The third kappa shape index (κ3) is 3.20. The van der Waals surface area contributed by atoms with Gasteiger partial charge in [0.2, 0.25) is 0 Å². The molecule has 0 spiro atoms. The van der Waals surface area contributed by atoms with Crippen molar-refractivity contribution in [1.29, 1.82) is 0 Å². The Morgan fingerprint density at radius 1 is 1.26 bits per heavy atom. The number of aromatic carboxylic acids is 1. The molecule has 0 bridgehead atoms. The van der Waals surface area contributed by atoms with Crippen LogP contribution in [0.15, 0.2) is 47.5 Å². The van der Waals surface area contributed by atoms with Crippen molar-refractivity contribution in [3.63, 3.8) is 0 Å². The van der Waals surface area contributed by atoms with E-state index >= 15 is 0 Å². The highest BCUT2D eigenvalue weighted by atomic mass is 35.5. The lowest BCUT2D eigenvalue weighted by molar-refractivity contribution is 0.0697. The normalized spacial score (nSPS) is 10.8. The number of carboxylic acid groups (broad SMARTS) is 1. The Balaban J connectivity index is 2.35. The van der Waals surface area contributed by atoms with Gasteiger partial charge in [-0.1, -0.05) is 35.9 Å². The fourth-order valence-corrected chi connectivity index (χ4v) is 1.78. The van der Waals surface area contributed by atoms with Crippen molar-refractivity contribution in [3.8, 4) is 0 Å². The molecular weight excluding hydrogens is 262 g/mol. The molecule has 2 aromatic rings. The number of rotatable bonds is 3. The van der Waals surface area contributed by atoms with Gasteiger partial charge in [0, 0.05) is 16.8 Å². The van der Waals surface area contributed by atoms with Gasteiger partial charge in [-0.3, -0.25) is 4.99 Å². The van der Waals surface area contributed by atoms with Gasteiger partial charge >= 0.3 is 5.97 Å². The zero-order chi connectivity index (χ0) is 13.8. The first-order valence-corrected chi connectivity index (χ1v) is 6.08. The van der Waals surface area contributed by atoms with Crippen molar-refractivity contribution in [3.05, 3.63) is 64.2 Å². The molecule has 0 aromatic heterocycles. The molecule has 19 heavy (non-hydrogen) atoms. The summed E-state index contributed by atoms with van der Waals surface area (Å²) in [6, 6.07) is 12.2. The summed E-state index contributed by atoms with van der Waals surface area (Å²) in [5.41, 5.74) is 2.55. The van der Waals surface area contributed by atoms with Gasteiger partial charge in [-0.25, -0.2) is 4.79 Å². The third-order valence-electron chi connectivity index (χ3n) is 2.70. The average Bonchev–Trinajstić information content (AvgIpc) is 2.39. The lowest BCUT2D eigenvalue weighted by Crippen LogP contribution is -1.95. The highest BCUT2D eigenvalue weighted by molar-refractivity contribution is 6.33. The van der Waals surface area contributed by atoms with E-state index in [2.05, 4.69) is 4.99 Å². The minimum atomic E-state index is -0.964. The molecule has 0 aliphatic rings. The fraction of sp³-hybridized carbons (Fsp3) is 0.0667. The Hall–Kier alpha value is -2.13. The smallest absolute Gasteiger partial charge is 0.335 e. The summed E-state index contributed by atoms with van der Waals surface area (Å²) in [6.07, 6.45) is 1.64. The van der Waals surface area contributed by atoms with Crippen LogP contribution < -0.4 is 0 Å². The molecule has 3 nitrogen and oxygen atoms in total. The SMILES string of the molecule is Cc1ccc(C(=O)O)cc1N=Cc1ccccc1Cl. The minimum Gasteiger partial charge on any atom is -0.478 e. The zero-order valence-electron chi connectivity index (χ0n) is 10.3. The topological polar surface area (TPSA) is 49.7 Å². The summed E-state index contributed by atoms with van der Waals surface area (Å²) < 4.78 is 0. The summed E-state index contributed by atoms with van der Waals surface area (Å²) in [4.78, 5) is 15.2. The van der Waals surface area contributed by atoms with Crippen molar-refractivity contribution in [2.45, 2.75) is 6.92 Å². The molecule has 0 amide bonds. The lowest BCUT2D eigenvalue weighted by Gasteiger charge is -2.02. The highest BCUT2D eigenvalue weighted by Crippen LogP contribution is 2.21. The number of nitrogens with zero attached hydrogens (tertiary/aromatic N) is 1. The van der Waals surface area contributed by atoms with Gasteiger partial charge in [0.05, 0.1) is 11.3 Å². The maximum Gasteiger partial charge on any atom is 0.335 e. The highest BCUT2D eigenvalue weighted by Gasteiger charge is 2.05. The first kappa shape index (κ1) is 13.3. The number of halogens is 1. The Kier molecular flexibility index (Phi) is 3.97. The van der Waals surface area contributed by atoms with Crippen LogP contribution in [0, 0.1) is 6.92 Å². The molecule has 2 aromatic carbocycles. The molecule has 1 N–H and O–H groups in total. The molecule has 0 radical (unpaired) electrons. The van der Waals surface area contributed by atoms with Crippen molar-refractivity contribution < 1.29 is 9.90 Å². The van der Waals surface area contributed by atoms with Crippen molar-refractivity contribution >= 4 is 29.5 Å². The first-order valence-electron chi connectivity index (χ1n) is 5.70. The standard InChI is InChI=1S/C15H12ClNO2/c1-10-6-7-11(15(18)19)8-14(10)17-9-12-4-2-3-5-13(12)16/h2-9H,1H3,(H,18,19). The molecule has 0 aliphatic carbocycles. The second-order valence-corrected chi connectivity index (χ2v) is 4.49. The Morgan fingerprint density at radius 3 is 2.68 bits per heavy atom. The van der Waals surface area contributed by atoms with Gasteiger partial charge in [0.25, 0.3) is 0 Å². The molecular formula is C15H12ClNO2. The Bertz CT molecular complexity index is 650. The summed E-state index contributed by atoms with van der Waals surface area (Å²) in [7, 11) is 0. The van der Waals surface area contributed by atoms with Gasteiger partial charge in [-0.15, -0.1) is 0 Å². The van der Waals surface area contributed by atoms with E-state index in [1.54, 1.807) is 30.5 Å². The molecule has 0 saturated carbocycles. The largest absolute Gasteiger partial charge is 0.478 e. The molecule has 0 aliphatic heterocycles. The number of aryl methyl sites for hydroxylation is 1. The van der Waals surface area contributed by atoms with Crippen LogP contribution in [0.3, 0.4) is 0 Å². The Labute approximate surface area is 116 Å². The average molecular weight is 274 g/mol. The van der Waals surface area contributed by atoms with E-state index in [0.717, 1.165) is 11.1 Å². The van der Waals surface area contributed by atoms with E-state index in [-0.39, 0.29) is 5.56 Å². The fourth-order valence-electron chi connectivity index (χ4n) is 1.60. The zero-order valence-corrected chi connectivity index (χ0v) is 11.1. The molecule has 4 heteroatoms. The molecule has 0 unspecified atom stereocenters. The second-order valence-electron chi connectivity index (χ2n) is 4.09. The number of aliphatic imine (C=N–C) groups is 1. The van der Waals surface area contributed by atoms with Crippen LogP contribution in [0.1, 0.15) is 21.5 Å². The number of hydrogen-bond donors (Lipinski definition) is 1. The van der Waals surface area contributed by atoms with Gasteiger partial charge in [-0.05, 0) is 30.7 Å². The van der Waals surface area contributed by atoms with Crippen LogP contribution in [0.25, 0.3) is 0 Å². The van der Waals surface area contributed by atoms with Crippen LogP contribution >= 0.6 is 11.6 Å². The van der Waals surface area contributed by atoms with Gasteiger partial charge < -0.3 is 5.11 Å². The van der Waals surface area contributed by atoms with Gasteiger partial charge in [-0.2, -0.15) is 0 Å².